The summed E-state index contributed by atoms with van der Waals surface area (Å²) in [6, 6.07) is 3.85. The zero-order valence-corrected chi connectivity index (χ0v) is 14.1. The molecule has 1 saturated heterocycles. The molecular weight excluding hydrogens is 346 g/mol. The zero-order chi connectivity index (χ0) is 15.6. The number of anilines is 1. The van der Waals surface area contributed by atoms with Crippen LogP contribution in [0.25, 0.3) is 0 Å². The van der Waals surface area contributed by atoms with Crippen molar-refractivity contribution in [2.75, 3.05) is 5.32 Å². The van der Waals surface area contributed by atoms with Gasteiger partial charge in [-0.1, -0.05) is 15.9 Å². The minimum Gasteiger partial charge on any atom is -0.462 e. The van der Waals surface area contributed by atoms with Gasteiger partial charge >= 0.3 is 5.97 Å². The van der Waals surface area contributed by atoms with Gasteiger partial charge < -0.3 is 10.1 Å². The van der Waals surface area contributed by atoms with Gasteiger partial charge in [0.1, 0.15) is 6.10 Å². The molecule has 1 amide bonds. The van der Waals surface area contributed by atoms with E-state index >= 15 is 0 Å². The van der Waals surface area contributed by atoms with Gasteiger partial charge in [0.05, 0.1) is 11.8 Å². The standard InChI is InChI=1S/C17H18BrNO3/c1-7-8(2)12(4-3-11(7)18)19-16(20)14-9-5-10-13(6-9)22-17(21)15(10)14/h3-4,9-10,13-15H,5-6H2,1-2H3,(H,19,20)/t9-,10-,13+,14+,15-/m1/s1. The van der Waals surface area contributed by atoms with Gasteiger partial charge in [0.25, 0.3) is 0 Å². The van der Waals surface area contributed by atoms with Crippen LogP contribution in [0.1, 0.15) is 24.0 Å². The molecule has 0 unspecified atom stereocenters. The third-order valence-corrected chi connectivity index (χ3v) is 6.62. The molecular formula is C17H18BrNO3. The summed E-state index contributed by atoms with van der Waals surface area (Å²) in [4.78, 5) is 24.8. The van der Waals surface area contributed by atoms with Crippen molar-refractivity contribution in [3.05, 3.63) is 27.7 Å². The average Bonchev–Trinajstić information content (AvgIpc) is 3.09. The molecule has 1 heterocycles. The van der Waals surface area contributed by atoms with Crippen molar-refractivity contribution in [2.24, 2.45) is 23.7 Å². The summed E-state index contributed by atoms with van der Waals surface area (Å²) in [5, 5.41) is 3.04. The lowest BCUT2D eigenvalue weighted by atomic mass is 9.79. The summed E-state index contributed by atoms with van der Waals surface area (Å²) in [6.07, 6.45) is 1.88. The van der Waals surface area contributed by atoms with E-state index in [0.717, 1.165) is 34.1 Å². The third kappa shape index (κ3) is 1.87. The fraction of sp³-hybridized carbons (Fsp3) is 0.529. The molecule has 1 aromatic rings. The minimum absolute atomic E-state index is 0.0281. The molecule has 3 aliphatic rings. The van der Waals surface area contributed by atoms with Crippen LogP contribution in [0.5, 0.6) is 0 Å². The van der Waals surface area contributed by atoms with Crippen molar-refractivity contribution in [1.82, 2.24) is 0 Å². The van der Waals surface area contributed by atoms with Crippen LogP contribution in [0.4, 0.5) is 5.69 Å². The molecule has 5 atom stereocenters. The molecule has 1 aliphatic heterocycles. The lowest BCUT2D eigenvalue weighted by Crippen LogP contribution is -2.36. The number of esters is 1. The number of carbonyl (C=O) groups is 2. The van der Waals surface area contributed by atoms with Gasteiger partial charge in [-0.05, 0) is 55.9 Å². The monoisotopic (exact) mass is 363 g/mol. The third-order valence-electron chi connectivity index (χ3n) is 5.76. The second-order valence-corrected chi connectivity index (χ2v) is 7.61. The Kier molecular flexibility index (Phi) is 3.12. The van der Waals surface area contributed by atoms with E-state index in [1.54, 1.807) is 0 Å². The van der Waals surface area contributed by atoms with E-state index in [1.807, 2.05) is 26.0 Å². The maximum absolute atomic E-state index is 12.8. The van der Waals surface area contributed by atoms with Crippen LogP contribution in [-0.4, -0.2) is 18.0 Å². The Morgan fingerprint density at radius 1 is 1.27 bits per heavy atom. The summed E-state index contributed by atoms with van der Waals surface area (Å²) in [5.41, 5.74) is 3.00. The zero-order valence-electron chi connectivity index (χ0n) is 12.6. The predicted octanol–water partition coefficient (Wildman–Crippen LogP) is 3.20. The molecule has 0 spiro atoms. The Morgan fingerprint density at radius 2 is 2.05 bits per heavy atom. The maximum Gasteiger partial charge on any atom is 0.310 e. The number of hydrogen-bond donors (Lipinski definition) is 1. The first kappa shape index (κ1) is 14.2. The molecule has 116 valence electrons. The van der Waals surface area contributed by atoms with Gasteiger partial charge in [0, 0.05) is 16.1 Å². The Balaban J connectivity index is 1.59. The molecule has 1 aromatic carbocycles. The van der Waals surface area contributed by atoms with Gasteiger partial charge in [-0.2, -0.15) is 0 Å². The summed E-state index contributed by atoms with van der Waals surface area (Å²) in [6.45, 7) is 4.02. The number of amides is 1. The highest BCUT2D eigenvalue weighted by atomic mass is 79.9. The van der Waals surface area contributed by atoms with Crippen molar-refractivity contribution in [1.29, 1.82) is 0 Å². The van der Waals surface area contributed by atoms with Crippen LogP contribution in [0.2, 0.25) is 0 Å². The number of hydrogen-bond acceptors (Lipinski definition) is 3. The molecule has 0 aromatic heterocycles. The molecule has 2 bridgehead atoms. The molecule has 2 aliphatic carbocycles. The molecule has 0 radical (unpaired) electrons. The van der Waals surface area contributed by atoms with Crippen molar-refractivity contribution in [3.63, 3.8) is 0 Å². The smallest absolute Gasteiger partial charge is 0.310 e. The van der Waals surface area contributed by atoms with Gasteiger partial charge in [-0.15, -0.1) is 0 Å². The SMILES string of the molecule is Cc1c(Br)ccc(NC(=O)[C@H]2[C@@H]3C[C@H]4[C@H]2C(=O)O[C@H]4C3)c1C. The first-order valence-corrected chi connectivity index (χ1v) is 8.53. The number of carbonyl (C=O) groups excluding carboxylic acids is 2. The molecule has 3 fully saturated rings. The number of benzene rings is 1. The quantitative estimate of drug-likeness (QED) is 0.820. The summed E-state index contributed by atoms with van der Waals surface area (Å²) in [7, 11) is 0. The number of rotatable bonds is 2. The van der Waals surface area contributed by atoms with E-state index in [2.05, 4.69) is 21.2 Å². The fourth-order valence-electron chi connectivity index (χ4n) is 4.50. The molecule has 2 saturated carbocycles. The largest absolute Gasteiger partial charge is 0.462 e. The lowest BCUT2D eigenvalue weighted by Gasteiger charge is -2.24. The topological polar surface area (TPSA) is 55.4 Å². The first-order valence-electron chi connectivity index (χ1n) is 7.74. The minimum atomic E-state index is -0.223. The molecule has 4 nitrogen and oxygen atoms in total. The second kappa shape index (κ2) is 4.82. The fourth-order valence-corrected chi connectivity index (χ4v) is 4.93. The molecule has 1 N–H and O–H groups in total. The molecule has 22 heavy (non-hydrogen) atoms. The van der Waals surface area contributed by atoms with E-state index in [9.17, 15) is 9.59 Å². The van der Waals surface area contributed by atoms with E-state index in [1.165, 1.54) is 0 Å². The number of nitrogens with one attached hydrogen (secondary N) is 1. The van der Waals surface area contributed by atoms with Gasteiger partial charge in [0.2, 0.25) is 5.91 Å². The van der Waals surface area contributed by atoms with Crippen LogP contribution in [0.3, 0.4) is 0 Å². The number of ether oxygens (including phenoxy) is 1. The summed E-state index contributed by atoms with van der Waals surface area (Å²) < 4.78 is 6.44. The van der Waals surface area contributed by atoms with Crippen molar-refractivity contribution in [2.45, 2.75) is 32.8 Å². The first-order chi connectivity index (χ1) is 10.5. The number of halogens is 1. The molecule has 5 heteroatoms. The highest BCUT2D eigenvalue weighted by Gasteiger charge is 2.63. The van der Waals surface area contributed by atoms with E-state index in [4.69, 9.17) is 4.74 Å². The Labute approximate surface area is 137 Å². The van der Waals surface area contributed by atoms with Crippen LogP contribution in [0.15, 0.2) is 16.6 Å². The van der Waals surface area contributed by atoms with Crippen molar-refractivity contribution in [3.8, 4) is 0 Å². The van der Waals surface area contributed by atoms with Crippen LogP contribution < -0.4 is 5.32 Å². The highest BCUT2D eigenvalue weighted by Crippen LogP contribution is 2.57. The van der Waals surface area contributed by atoms with Crippen molar-refractivity contribution < 1.29 is 14.3 Å². The normalized spacial score (nSPS) is 34.9. The van der Waals surface area contributed by atoms with Crippen LogP contribution in [-0.2, 0) is 14.3 Å². The van der Waals surface area contributed by atoms with Crippen molar-refractivity contribution >= 4 is 33.5 Å². The number of fused-ring (bicyclic) bond motifs is 1. The van der Waals surface area contributed by atoms with E-state index in [-0.39, 0.29) is 35.7 Å². The van der Waals surface area contributed by atoms with E-state index in [0.29, 0.717) is 5.92 Å². The lowest BCUT2D eigenvalue weighted by molar-refractivity contribution is -0.145. The maximum atomic E-state index is 12.8. The Morgan fingerprint density at radius 3 is 2.82 bits per heavy atom. The van der Waals surface area contributed by atoms with Gasteiger partial charge in [-0.3, -0.25) is 9.59 Å². The van der Waals surface area contributed by atoms with Gasteiger partial charge in [-0.25, -0.2) is 0 Å². The van der Waals surface area contributed by atoms with E-state index < -0.39 is 0 Å². The average molecular weight is 364 g/mol. The molecule has 4 rings (SSSR count). The van der Waals surface area contributed by atoms with Crippen LogP contribution >= 0.6 is 15.9 Å². The van der Waals surface area contributed by atoms with Gasteiger partial charge in [0.15, 0.2) is 0 Å². The Bertz CT molecular complexity index is 685. The second-order valence-electron chi connectivity index (χ2n) is 6.76. The van der Waals surface area contributed by atoms with Crippen LogP contribution in [0, 0.1) is 37.5 Å². The summed E-state index contributed by atoms with van der Waals surface area (Å²) >= 11 is 3.50. The highest BCUT2D eigenvalue weighted by molar-refractivity contribution is 9.10. The summed E-state index contributed by atoms with van der Waals surface area (Å²) in [5.74, 6) is -0.0806. The Hall–Kier alpha value is -1.36. The predicted molar refractivity (Wildman–Crippen MR) is 85.3 cm³/mol.